The van der Waals surface area contributed by atoms with Crippen LogP contribution in [-0.4, -0.2) is 43.9 Å². The Morgan fingerprint density at radius 2 is 1.44 bits per heavy atom. The first-order valence-electron chi connectivity index (χ1n) is 15.7. The van der Waals surface area contributed by atoms with Gasteiger partial charge in [-0.2, -0.15) is 0 Å². The third-order valence-corrected chi connectivity index (χ3v) is 9.97. The number of Topliss-reactive ketones (excluding diaryl/α,β-unsaturated/α-hetero) is 3. The molecule has 4 atom stereocenters. The van der Waals surface area contributed by atoms with Crippen molar-refractivity contribution in [3.8, 4) is 11.5 Å². The lowest BCUT2D eigenvalue weighted by molar-refractivity contribution is -0.176. The molecule has 2 aliphatic rings. The highest BCUT2D eigenvalue weighted by atomic mass is 16.3. The van der Waals surface area contributed by atoms with E-state index in [0.29, 0.717) is 18.4 Å². The smallest absolute Gasteiger partial charge is 0.184 e. The molecule has 3 rings (SSSR count). The molecule has 0 saturated heterocycles. The first-order valence-corrected chi connectivity index (χ1v) is 15.7. The van der Waals surface area contributed by atoms with E-state index in [1.807, 2.05) is 67.5 Å². The molecule has 0 unspecified atom stereocenters. The van der Waals surface area contributed by atoms with Gasteiger partial charge in [-0.15, -0.1) is 0 Å². The van der Waals surface area contributed by atoms with Gasteiger partial charge in [0.15, 0.2) is 28.8 Å². The number of phenolic OH excluding ortho intramolecular Hbond substituents is 2. The molecule has 1 aromatic rings. The number of aliphatic hydroxyl groups excluding tert-OH is 2. The Bertz CT molecular complexity index is 1520. The van der Waals surface area contributed by atoms with Crippen molar-refractivity contribution in [3.63, 3.8) is 0 Å². The number of hydrogen-bond donors (Lipinski definition) is 4. The lowest BCUT2D eigenvalue weighted by Gasteiger charge is -2.60. The molecule has 2 bridgehead atoms. The van der Waals surface area contributed by atoms with Crippen molar-refractivity contribution >= 4 is 23.1 Å². The number of ketones is 3. The lowest BCUT2D eigenvalue weighted by atomic mass is 9.38. The quantitative estimate of drug-likeness (QED) is 0.0524. The van der Waals surface area contributed by atoms with Crippen molar-refractivity contribution in [2.45, 2.75) is 101 Å². The molecule has 0 heterocycles. The molecule has 4 N–H and O–H groups in total. The molecule has 2 saturated carbocycles. The molecule has 45 heavy (non-hydrogen) atoms. The van der Waals surface area contributed by atoms with Crippen molar-refractivity contribution in [1.82, 2.24) is 0 Å². The predicted molar refractivity (Wildman–Crippen MR) is 178 cm³/mol. The minimum atomic E-state index is -1.67. The van der Waals surface area contributed by atoms with Crippen LogP contribution in [0.3, 0.4) is 0 Å². The summed E-state index contributed by atoms with van der Waals surface area (Å²) < 4.78 is 0. The monoisotopic (exact) mass is 618 g/mol. The van der Waals surface area contributed by atoms with Crippen molar-refractivity contribution in [2.75, 3.05) is 0 Å². The second kappa shape index (κ2) is 13.3. The normalized spacial score (nSPS) is 26.2. The van der Waals surface area contributed by atoms with E-state index in [9.17, 15) is 30.0 Å². The first kappa shape index (κ1) is 35.8. The van der Waals surface area contributed by atoms with Gasteiger partial charge in [0.25, 0.3) is 0 Å². The molecule has 7 heteroatoms. The van der Waals surface area contributed by atoms with Crippen LogP contribution in [0.25, 0.3) is 5.76 Å². The van der Waals surface area contributed by atoms with Crippen LogP contribution >= 0.6 is 0 Å². The Hall–Kier alpha value is -3.71. The fourth-order valence-corrected chi connectivity index (χ4v) is 6.83. The van der Waals surface area contributed by atoms with E-state index < -0.39 is 62.5 Å². The molecule has 0 aliphatic heterocycles. The van der Waals surface area contributed by atoms with E-state index in [0.717, 1.165) is 22.8 Å². The van der Waals surface area contributed by atoms with Gasteiger partial charge >= 0.3 is 0 Å². The van der Waals surface area contributed by atoms with Gasteiger partial charge in [0.1, 0.15) is 16.7 Å². The third kappa shape index (κ3) is 6.51. The van der Waals surface area contributed by atoms with Crippen LogP contribution in [0.2, 0.25) is 0 Å². The molecule has 0 aromatic heterocycles. The maximum Gasteiger partial charge on any atom is 0.184 e. The predicted octanol–water partition coefficient (Wildman–Crippen LogP) is 7.87. The number of rotatable bonds is 10. The number of phenols is 2. The molecule has 2 fully saturated rings. The maximum absolute atomic E-state index is 15.0. The molecule has 1 aromatic carbocycles. The van der Waals surface area contributed by atoms with Gasteiger partial charge in [-0.3, -0.25) is 14.4 Å². The van der Waals surface area contributed by atoms with Crippen molar-refractivity contribution in [2.24, 2.45) is 22.2 Å². The Balaban J connectivity index is 2.40. The highest BCUT2D eigenvalue weighted by Gasteiger charge is 2.73. The molecule has 0 spiro atoms. The summed E-state index contributed by atoms with van der Waals surface area (Å²) in [4.78, 5) is 44.6. The SMILES string of the molecule is CC(C)=CC[C@@H]1C[C@@]2(C/C=C(\C)[C@@H](O)CC=C(C)C)C(=O)/C(=C(\O)c3ccc(O)c(O)c3)C(=O)[C@](CC=C(C)C)(C2=O)C1(C)C. The Morgan fingerprint density at radius 3 is 2.00 bits per heavy atom. The number of aromatic hydroxyl groups is 2. The van der Waals surface area contributed by atoms with E-state index >= 15 is 4.79 Å². The van der Waals surface area contributed by atoms with E-state index in [-0.39, 0.29) is 30.7 Å². The van der Waals surface area contributed by atoms with Gasteiger partial charge in [-0.25, -0.2) is 0 Å². The van der Waals surface area contributed by atoms with Crippen LogP contribution in [0.4, 0.5) is 0 Å². The number of allylic oxidation sites excluding steroid dienone is 7. The Morgan fingerprint density at radius 1 is 0.844 bits per heavy atom. The van der Waals surface area contributed by atoms with Crippen molar-refractivity contribution < 1.29 is 34.8 Å². The van der Waals surface area contributed by atoms with Crippen LogP contribution in [0.15, 0.2) is 70.4 Å². The largest absolute Gasteiger partial charge is 0.506 e. The zero-order chi connectivity index (χ0) is 34.1. The average Bonchev–Trinajstić information content (AvgIpc) is 2.95. The number of aliphatic hydroxyl groups is 2. The lowest BCUT2D eigenvalue weighted by Crippen LogP contribution is -2.69. The first-order chi connectivity index (χ1) is 20.8. The van der Waals surface area contributed by atoms with Gasteiger partial charge in [0.05, 0.1) is 11.5 Å². The number of benzene rings is 1. The van der Waals surface area contributed by atoms with Crippen LogP contribution in [0, 0.1) is 22.2 Å². The Kier molecular flexibility index (Phi) is 10.6. The van der Waals surface area contributed by atoms with Crippen LogP contribution in [0.1, 0.15) is 100.0 Å². The van der Waals surface area contributed by atoms with Crippen molar-refractivity contribution in [1.29, 1.82) is 0 Å². The van der Waals surface area contributed by atoms with Crippen LogP contribution in [0.5, 0.6) is 11.5 Å². The molecule has 0 radical (unpaired) electrons. The highest BCUT2D eigenvalue weighted by Crippen LogP contribution is 2.65. The second-order valence-corrected chi connectivity index (χ2v) is 14.2. The van der Waals surface area contributed by atoms with E-state index in [2.05, 4.69) is 6.08 Å². The summed E-state index contributed by atoms with van der Waals surface area (Å²) in [6.07, 6.45) is 7.90. The molecular weight excluding hydrogens is 568 g/mol. The van der Waals surface area contributed by atoms with Gasteiger partial charge in [0, 0.05) is 5.56 Å². The third-order valence-electron chi connectivity index (χ3n) is 9.97. The molecule has 244 valence electrons. The van der Waals surface area contributed by atoms with Gasteiger partial charge in [0.2, 0.25) is 0 Å². The summed E-state index contributed by atoms with van der Waals surface area (Å²) in [5, 5.41) is 42.5. The van der Waals surface area contributed by atoms with Crippen molar-refractivity contribution in [3.05, 3.63) is 75.9 Å². The summed E-state index contributed by atoms with van der Waals surface area (Å²) in [5.74, 6) is -3.74. The van der Waals surface area contributed by atoms with Gasteiger partial charge in [-0.05, 0) is 116 Å². The van der Waals surface area contributed by atoms with E-state index in [4.69, 9.17) is 0 Å². The molecular formula is C38H50O7. The van der Waals surface area contributed by atoms with Gasteiger partial charge in [-0.1, -0.05) is 54.9 Å². The average molecular weight is 619 g/mol. The summed E-state index contributed by atoms with van der Waals surface area (Å²) >= 11 is 0. The van der Waals surface area contributed by atoms with Gasteiger partial charge < -0.3 is 20.4 Å². The highest BCUT2D eigenvalue weighted by molar-refractivity contribution is 6.41. The van der Waals surface area contributed by atoms with Crippen LogP contribution < -0.4 is 0 Å². The number of fused-ring (bicyclic) bond motifs is 2. The minimum absolute atomic E-state index is 0.0234. The fourth-order valence-electron chi connectivity index (χ4n) is 6.83. The zero-order valence-electron chi connectivity index (χ0n) is 28.2. The fraction of sp³-hybridized carbons (Fsp3) is 0.500. The topological polar surface area (TPSA) is 132 Å². The minimum Gasteiger partial charge on any atom is -0.506 e. The molecule has 2 aliphatic carbocycles. The second-order valence-electron chi connectivity index (χ2n) is 14.2. The number of carbonyl (C=O) groups excluding carboxylic acids is 3. The number of hydrogen-bond acceptors (Lipinski definition) is 7. The summed E-state index contributed by atoms with van der Waals surface area (Å²) in [6, 6.07) is 3.57. The van der Waals surface area contributed by atoms with Crippen LogP contribution in [-0.2, 0) is 14.4 Å². The molecule has 7 nitrogen and oxygen atoms in total. The summed E-state index contributed by atoms with van der Waals surface area (Å²) in [6.45, 7) is 17.2. The standard InChI is InChI=1S/C38H50O7/c1-22(2)10-13-27-21-37(18-17-25(7)28(39)14-11-23(3)4)33(43)31(32(42)26-12-15-29(40)30(41)20-26)34(44)38(35(37)45,36(27,8)9)19-16-24(5)6/h10-12,15-17,20,27-28,39-42H,13-14,18-19,21H2,1-9H3/b25-17+,32-31+/t27-,28+,37+,38-/m1/s1. The van der Waals surface area contributed by atoms with E-state index in [1.165, 1.54) is 12.1 Å². The zero-order valence-corrected chi connectivity index (χ0v) is 28.2. The molecule has 0 amide bonds. The maximum atomic E-state index is 15.0. The number of carbonyl (C=O) groups is 3. The summed E-state index contributed by atoms with van der Waals surface area (Å²) in [7, 11) is 0. The summed E-state index contributed by atoms with van der Waals surface area (Å²) in [5.41, 5.74) is -1.07. The Labute approximate surface area is 267 Å². The van der Waals surface area contributed by atoms with E-state index in [1.54, 1.807) is 13.0 Å².